The van der Waals surface area contributed by atoms with E-state index in [2.05, 4.69) is 19.8 Å². The zero-order valence-corrected chi connectivity index (χ0v) is 19.0. The van der Waals surface area contributed by atoms with Crippen molar-refractivity contribution in [2.45, 2.75) is 24.9 Å². The van der Waals surface area contributed by atoms with Gasteiger partial charge >= 0.3 is 0 Å². The number of anilines is 1. The van der Waals surface area contributed by atoms with Crippen LogP contribution in [0.4, 0.5) is 5.13 Å². The summed E-state index contributed by atoms with van der Waals surface area (Å²) in [5.74, 6) is -2.36. The highest BCUT2D eigenvalue weighted by Crippen LogP contribution is 2.40. The van der Waals surface area contributed by atoms with Crippen LogP contribution in [-0.4, -0.2) is 61.5 Å². The number of fused-ring (bicyclic) bond motifs is 1. The van der Waals surface area contributed by atoms with Crippen molar-refractivity contribution in [2.24, 2.45) is 5.16 Å². The molecule has 168 valence electrons. The number of oxime groups is 1. The van der Waals surface area contributed by atoms with Crippen LogP contribution in [0.15, 0.2) is 33.5 Å². The fourth-order valence-electron chi connectivity index (χ4n) is 3.22. The number of aliphatic carboxylic acids is 1. The van der Waals surface area contributed by atoms with Gasteiger partial charge in [0.05, 0.1) is 17.0 Å². The van der Waals surface area contributed by atoms with Gasteiger partial charge in [0.15, 0.2) is 17.9 Å². The molecule has 32 heavy (non-hydrogen) atoms. The highest BCUT2D eigenvalue weighted by molar-refractivity contribution is 8.00. The van der Waals surface area contributed by atoms with Crippen LogP contribution in [0.2, 0.25) is 0 Å². The summed E-state index contributed by atoms with van der Waals surface area (Å²) in [5.41, 5.74) is 7.61. The molecule has 3 N–H and O–H groups in total. The molecule has 0 aromatic carbocycles. The molecule has 0 saturated carbocycles. The second-order valence-corrected chi connectivity index (χ2v) is 9.26. The zero-order valence-electron chi connectivity index (χ0n) is 16.6. The number of β-lactam (4-membered cyclic amide) rings is 1. The van der Waals surface area contributed by atoms with Crippen molar-refractivity contribution in [1.82, 2.24) is 19.6 Å². The summed E-state index contributed by atoms with van der Waals surface area (Å²) in [7, 11) is 0. The highest BCUT2D eigenvalue weighted by Gasteiger charge is 2.53. The van der Waals surface area contributed by atoms with Crippen molar-refractivity contribution < 1.29 is 28.9 Å². The normalized spacial score (nSPS) is 20.6. The van der Waals surface area contributed by atoms with Crippen LogP contribution in [-0.2, 0) is 25.8 Å². The molecule has 2 atom stereocenters. The number of hydrogen-bond acceptors (Lipinski definition) is 12. The van der Waals surface area contributed by atoms with E-state index < -0.39 is 29.2 Å². The summed E-state index contributed by atoms with van der Waals surface area (Å²) in [6, 6.07) is -0.944. The Hall–Kier alpha value is -3.04. The van der Waals surface area contributed by atoms with Crippen LogP contribution < -0.4 is 20.7 Å². The standard InChI is InChI=1S/C17H17N7O5S3/c1-2-29-21-9(12-20-17(18)32-22-12)13(25)19-10-14(26)24-11(16(27)28)8(6-31-15(10)24)5-23-3-4-30-7-23/h3-4,7,10,15H,2,5-6H2,1H3,(H3-,18,19,20,22,25,27,28)/t10?,15-/m1/s1. The lowest BCUT2D eigenvalue weighted by Gasteiger charge is -2.50. The SMILES string of the molecule is CCON=C(C(=O)NC1C(=O)N2C(C(=O)[O-])=C(C[n+]3ccsc3)CS[C@H]12)c1nsc(N)n1. The topological polar surface area (TPSA) is 167 Å². The number of thioether (sulfide) groups is 1. The average Bonchev–Trinajstić information content (AvgIpc) is 3.43. The van der Waals surface area contributed by atoms with Crippen molar-refractivity contribution in [1.29, 1.82) is 0 Å². The van der Waals surface area contributed by atoms with Crippen molar-refractivity contribution in [2.75, 3.05) is 18.1 Å². The first kappa shape index (κ1) is 22.2. The fraction of sp³-hybridized carbons (Fsp3) is 0.353. The number of nitrogen functional groups attached to an aromatic ring is 1. The molecule has 0 spiro atoms. The number of amides is 2. The monoisotopic (exact) mass is 495 g/mol. The molecule has 15 heteroatoms. The summed E-state index contributed by atoms with van der Waals surface area (Å²) < 4.78 is 5.79. The van der Waals surface area contributed by atoms with Gasteiger partial charge in [-0.2, -0.15) is 13.9 Å². The smallest absolute Gasteiger partial charge is 0.278 e. The molecule has 2 aromatic rings. The fourth-order valence-corrected chi connectivity index (χ4v) is 5.59. The first-order valence-electron chi connectivity index (χ1n) is 9.30. The van der Waals surface area contributed by atoms with Crippen LogP contribution in [0.5, 0.6) is 0 Å². The molecular formula is C17H17N7O5S3. The summed E-state index contributed by atoms with van der Waals surface area (Å²) in [6.45, 7) is 2.22. The van der Waals surface area contributed by atoms with Crippen LogP contribution >= 0.6 is 34.6 Å². The van der Waals surface area contributed by atoms with E-state index in [1.54, 1.807) is 6.92 Å². The number of rotatable bonds is 8. The van der Waals surface area contributed by atoms with Gasteiger partial charge in [-0.25, -0.2) is 0 Å². The minimum atomic E-state index is -1.43. The van der Waals surface area contributed by atoms with Crippen LogP contribution in [0.25, 0.3) is 0 Å². The molecule has 0 aliphatic carbocycles. The third-order valence-electron chi connectivity index (χ3n) is 4.58. The van der Waals surface area contributed by atoms with Gasteiger partial charge in [-0.15, -0.1) is 11.8 Å². The summed E-state index contributed by atoms with van der Waals surface area (Å²) in [6.07, 6.45) is 1.82. The molecule has 1 fully saturated rings. The Morgan fingerprint density at radius 1 is 1.50 bits per heavy atom. The van der Waals surface area contributed by atoms with Crippen LogP contribution in [0.1, 0.15) is 12.7 Å². The average molecular weight is 496 g/mol. The third kappa shape index (κ3) is 4.18. The van der Waals surface area contributed by atoms with Gasteiger partial charge < -0.3 is 25.8 Å². The van der Waals surface area contributed by atoms with Crippen LogP contribution in [0, 0.1) is 0 Å². The minimum absolute atomic E-state index is 0.0243. The Morgan fingerprint density at radius 3 is 2.94 bits per heavy atom. The van der Waals surface area contributed by atoms with E-state index in [0.717, 1.165) is 16.4 Å². The Kier molecular flexibility index (Phi) is 6.38. The van der Waals surface area contributed by atoms with E-state index in [0.29, 0.717) is 17.9 Å². The number of thiazole rings is 1. The molecular weight excluding hydrogens is 478 g/mol. The van der Waals surface area contributed by atoms with E-state index in [1.807, 2.05) is 21.7 Å². The number of aromatic nitrogens is 3. The maximum absolute atomic E-state index is 12.8. The molecule has 0 bridgehead atoms. The number of nitrogens with zero attached hydrogens (tertiary/aromatic N) is 5. The minimum Gasteiger partial charge on any atom is -0.543 e. The number of carboxylic acid groups (broad SMARTS) is 1. The molecule has 12 nitrogen and oxygen atoms in total. The Bertz CT molecular complexity index is 1110. The third-order valence-corrected chi connectivity index (χ3v) is 7.13. The van der Waals surface area contributed by atoms with E-state index in [-0.39, 0.29) is 29.0 Å². The first-order valence-corrected chi connectivity index (χ1v) is 12.1. The second-order valence-electron chi connectivity index (χ2n) is 6.61. The molecule has 4 heterocycles. The summed E-state index contributed by atoms with van der Waals surface area (Å²) in [4.78, 5) is 47.5. The lowest BCUT2D eigenvalue weighted by Crippen LogP contribution is -2.71. The highest BCUT2D eigenvalue weighted by atomic mass is 32.2. The molecule has 1 unspecified atom stereocenters. The van der Waals surface area contributed by atoms with Gasteiger partial charge in [0.2, 0.25) is 17.0 Å². The van der Waals surface area contributed by atoms with Gasteiger partial charge in [-0.05, 0) is 6.92 Å². The maximum Gasteiger partial charge on any atom is 0.278 e. The Balaban J connectivity index is 1.53. The van der Waals surface area contributed by atoms with Crippen molar-refractivity contribution in [3.63, 3.8) is 0 Å². The molecule has 2 amide bonds. The Morgan fingerprint density at radius 2 is 2.31 bits per heavy atom. The van der Waals surface area contributed by atoms with E-state index >= 15 is 0 Å². The summed E-state index contributed by atoms with van der Waals surface area (Å²) >= 11 is 3.72. The van der Waals surface area contributed by atoms with Crippen LogP contribution in [0.3, 0.4) is 0 Å². The molecule has 0 radical (unpaired) electrons. The molecule has 1 saturated heterocycles. The van der Waals surface area contributed by atoms with Crippen molar-refractivity contribution in [3.8, 4) is 0 Å². The van der Waals surface area contributed by atoms with E-state index in [4.69, 9.17) is 10.6 Å². The summed E-state index contributed by atoms with van der Waals surface area (Å²) in [5, 5.41) is 19.6. The van der Waals surface area contributed by atoms with Gasteiger partial charge in [-0.1, -0.05) is 16.5 Å². The number of hydrogen-bond donors (Lipinski definition) is 2. The number of nitrogens with two attached hydrogens (primary N) is 1. The molecule has 2 aliphatic heterocycles. The van der Waals surface area contributed by atoms with Gasteiger partial charge in [-0.3, -0.25) is 14.5 Å². The predicted octanol–water partition coefficient (Wildman–Crippen LogP) is -1.69. The molecule has 2 aromatic heterocycles. The zero-order chi connectivity index (χ0) is 22.8. The predicted molar refractivity (Wildman–Crippen MR) is 114 cm³/mol. The van der Waals surface area contributed by atoms with Gasteiger partial charge in [0, 0.05) is 22.9 Å². The van der Waals surface area contributed by atoms with Gasteiger partial charge in [0.25, 0.3) is 11.8 Å². The molecule has 4 rings (SSSR count). The number of carboxylic acids is 1. The second kappa shape index (κ2) is 9.22. The lowest BCUT2D eigenvalue weighted by molar-refractivity contribution is -0.684. The van der Waals surface area contributed by atoms with Crippen molar-refractivity contribution >= 4 is 63.3 Å². The lowest BCUT2D eigenvalue weighted by atomic mass is 10.0. The van der Waals surface area contributed by atoms with E-state index in [9.17, 15) is 19.5 Å². The Labute approximate surface area is 193 Å². The largest absolute Gasteiger partial charge is 0.543 e. The first-order chi connectivity index (χ1) is 15.4. The van der Waals surface area contributed by atoms with E-state index in [1.165, 1.54) is 23.1 Å². The maximum atomic E-state index is 12.8. The number of carbonyl (C=O) groups is 3. The molecule has 2 aliphatic rings. The number of nitrogens with one attached hydrogen (secondary N) is 1. The quantitative estimate of drug-likeness (QED) is 0.188. The van der Waals surface area contributed by atoms with Gasteiger partial charge in [0.1, 0.15) is 18.0 Å². The number of carbonyl (C=O) groups excluding carboxylic acids is 3. The van der Waals surface area contributed by atoms with Crippen molar-refractivity contribution in [3.05, 3.63) is 34.2 Å².